The van der Waals surface area contributed by atoms with Crippen molar-refractivity contribution in [1.82, 2.24) is 4.98 Å². The van der Waals surface area contributed by atoms with Gasteiger partial charge in [-0.3, -0.25) is 4.79 Å². The van der Waals surface area contributed by atoms with Gasteiger partial charge in [-0.05, 0) is 53.7 Å². The number of alkyl halides is 3. The van der Waals surface area contributed by atoms with Crippen LogP contribution in [0.2, 0.25) is 0 Å². The van der Waals surface area contributed by atoms with Crippen LogP contribution in [0.15, 0.2) is 22.9 Å². The molecule has 0 radical (unpaired) electrons. The van der Waals surface area contributed by atoms with E-state index in [-0.39, 0.29) is 37.5 Å². The van der Waals surface area contributed by atoms with Gasteiger partial charge in [-0.2, -0.15) is 13.2 Å². The van der Waals surface area contributed by atoms with Crippen LogP contribution in [0.4, 0.5) is 18.9 Å². The lowest BCUT2D eigenvalue weighted by Gasteiger charge is -2.29. The van der Waals surface area contributed by atoms with Gasteiger partial charge in [-0.25, -0.2) is 4.98 Å². The predicted molar refractivity (Wildman–Crippen MR) is 72.1 cm³/mol. The summed E-state index contributed by atoms with van der Waals surface area (Å²) in [5.74, 6) is -1.86. The first-order valence-electron chi connectivity index (χ1n) is 6.36. The molecule has 0 unspecified atom stereocenters. The summed E-state index contributed by atoms with van der Waals surface area (Å²) >= 11 is 3.21. The maximum absolute atomic E-state index is 12.6. The Labute approximate surface area is 123 Å². The van der Waals surface area contributed by atoms with Crippen LogP contribution < -0.4 is 5.32 Å². The predicted octanol–water partition coefficient (Wildman–Crippen LogP) is 4.15. The Hall–Kier alpha value is -1.11. The number of hydrogen-bond donors (Lipinski definition) is 1. The lowest BCUT2D eigenvalue weighted by atomic mass is 9.81. The lowest BCUT2D eigenvalue weighted by Crippen LogP contribution is -2.32. The quantitative estimate of drug-likeness (QED) is 0.814. The third-order valence-corrected chi connectivity index (χ3v) is 4.21. The van der Waals surface area contributed by atoms with Gasteiger partial charge < -0.3 is 5.32 Å². The van der Waals surface area contributed by atoms with E-state index in [9.17, 15) is 18.0 Å². The Morgan fingerprint density at radius 3 is 2.50 bits per heavy atom. The zero-order valence-corrected chi connectivity index (χ0v) is 12.2. The molecule has 0 aliphatic heterocycles. The number of aromatic nitrogens is 1. The summed E-state index contributed by atoms with van der Waals surface area (Å²) in [5, 5.41) is 2.70. The zero-order chi connectivity index (χ0) is 14.8. The fraction of sp³-hybridized carbons (Fsp3) is 0.538. The Morgan fingerprint density at radius 2 is 1.95 bits per heavy atom. The van der Waals surface area contributed by atoms with E-state index < -0.39 is 12.1 Å². The molecule has 3 nitrogen and oxygen atoms in total. The molecule has 1 aliphatic carbocycles. The van der Waals surface area contributed by atoms with Crippen molar-refractivity contribution in [3.63, 3.8) is 0 Å². The first-order valence-corrected chi connectivity index (χ1v) is 7.15. The highest BCUT2D eigenvalue weighted by Crippen LogP contribution is 2.39. The van der Waals surface area contributed by atoms with Crippen LogP contribution in [0, 0.1) is 11.8 Å². The van der Waals surface area contributed by atoms with Crippen molar-refractivity contribution in [2.45, 2.75) is 31.9 Å². The van der Waals surface area contributed by atoms with Gasteiger partial charge in [0.2, 0.25) is 5.91 Å². The molecule has 0 aromatic carbocycles. The van der Waals surface area contributed by atoms with Crippen molar-refractivity contribution in [2.75, 3.05) is 5.32 Å². The van der Waals surface area contributed by atoms with Crippen LogP contribution in [-0.4, -0.2) is 17.1 Å². The Balaban J connectivity index is 1.91. The molecule has 0 spiro atoms. The maximum atomic E-state index is 12.6. The summed E-state index contributed by atoms with van der Waals surface area (Å²) in [6.45, 7) is 0. The second kappa shape index (κ2) is 6.11. The van der Waals surface area contributed by atoms with Crippen LogP contribution in [0.5, 0.6) is 0 Å². The average Bonchev–Trinajstić information content (AvgIpc) is 2.40. The van der Waals surface area contributed by atoms with E-state index in [2.05, 4.69) is 26.2 Å². The van der Waals surface area contributed by atoms with Crippen molar-refractivity contribution >= 4 is 27.5 Å². The van der Waals surface area contributed by atoms with Gasteiger partial charge in [0.25, 0.3) is 0 Å². The number of hydrogen-bond acceptors (Lipinski definition) is 2. The van der Waals surface area contributed by atoms with E-state index in [1.807, 2.05) is 0 Å². The summed E-state index contributed by atoms with van der Waals surface area (Å²) in [6, 6.07) is 3.37. The number of rotatable bonds is 2. The Bertz CT molecular complexity index is 485. The number of carbonyl (C=O) groups excluding carboxylic acids is 1. The van der Waals surface area contributed by atoms with Crippen molar-refractivity contribution in [2.24, 2.45) is 11.8 Å². The molecule has 110 valence electrons. The average molecular weight is 351 g/mol. The van der Waals surface area contributed by atoms with Crippen LogP contribution in [-0.2, 0) is 4.79 Å². The molecule has 1 heterocycles. The number of nitrogens with zero attached hydrogens (tertiary/aromatic N) is 1. The Morgan fingerprint density at radius 1 is 1.30 bits per heavy atom. The van der Waals surface area contributed by atoms with Crippen molar-refractivity contribution in [3.8, 4) is 0 Å². The summed E-state index contributed by atoms with van der Waals surface area (Å²) < 4.78 is 38.2. The first kappa shape index (κ1) is 15.3. The molecule has 1 saturated carbocycles. The molecule has 1 N–H and O–H groups in total. The number of amides is 1. The number of halogens is 4. The molecule has 0 bridgehead atoms. The highest BCUT2D eigenvalue weighted by atomic mass is 79.9. The van der Waals surface area contributed by atoms with Gasteiger partial charge >= 0.3 is 6.18 Å². The van der Waals surface area contributed by atoms with E-state index in [0.717, 1.165) is 0 Å². The van der Waals surface area contributed by atoms with Crippen molar-refractivity contribution < 1.29 is 18.0 Å². The lowest BCUT2D eigenvalue weighted by molar-refractivity contribution is -0.184. The molecular formula is C13H14BrF3N2O. The largest absolute Gasteiger partial charge is 0.391 e. The molecule has 1 aromatic heterocycles. The van der Waals surface area contributed by atoms with E-state index in [0.29, 0.717) is 10.3 Å². The maximum Gasteiger partial charge on any atom is 0.391 e. The number of nitrogens with one attached hydrogen (secondary N) is 1. The van der Waals surface area contributed by atoms with E-state index in [1.165, 1.54) is 0 Å². The van der Waals surface area contributed by atoms with Crippen LogP contribution in [0.3, 0.4) is 0 Å². The van der Waals surface area contributed by atoms with Gasteiger partial charge in [0.15, 0.2) is 0 Å². The third kappa shape index (κ3) is 3.71. The summed E-state index contributed by atoms with van der Waals surface area (Å²) in [6.07, 6.45) is -1.98. The topological polar surface area (TPSA) is 42.0 Å². The van der Waals surface area contributed by atoms with Gasteiger partial charge in [0, 0.05) is 12.1 Å². The van der Waals surface area contributed by atoms with Crippen LogP contribution >= 0.6 is 15.9 Å². The first-order chi connectivity index (χ1) is 9.38. The van der Waals surface area contributed by atoms with Crippen LogP contribution in [0.1, 0.15) is 25.7 Å². The molecule has 20 heavy (non-hydrogen) atoms. The minimum Gasteiger partial charge on any atom is -0.324 e. The van der Waals surface area contributed by atoms with Crippen molar-refractivity contribution in [1.29, 1.82) is 0 Å². The summed E-state index contributed by atoms with van der Waals surface area (Å²) in [7, 11) is 0. The second-order valence-corrected chi connectivity index (χ2v) is 5.67. The number of pyridine rings is 1. The minimum absolute atomic E-state index is 0.0236. The number of carbonyl (C=O) groups is 1. The molecule has 1 aliphatic rings. The normalized spacial score (nSPS) is 23.4. The Kier molecular flexibility index (Phi) is 4.67. The fourth-order valence-electron chi connectivity index (χ4n) is 2.40. The molecule has 1 aromatic rings. The van der Waals surface area contributed by atoms with Gasteiger partial charge in [-0.1, -0.05) is 0 Å². The molecule has 7 heteroatoms. The minimum atomic E-state index is -4.15. The van der Waals surface area contributed by atoms with Crippen molar-refractivity contribution in [3.05, 3.63) is 22.9 Å². The van der Waals surface area contributed by atoms with Gasteiger partial charge in [-0.15, -0.1) is 0 Å². The number of anilines is 1. The fourth-order valence-corrected chi connectivity index (χ4v) is 2.75. The van der Waals surface area contributed by atoms with E-state index >= 15 is 0 Å². The highest BCUT2D eigenvalue weighted by Gasteiger charge is 2.42. The second-order valence-electron chi connectivity index (χ2n) is 4.92. The molecular weight excluding hydrogens is 337 g/mol. The molecule has 2 rings (SSSR count). The summed E-state index contributed by atoms with van der Waals surface area (Å²) in [5.41, 5.74) is 0.537. The summed E-state index contributed by atoms with van der Waals surface area (Å²) in [4.78, 5) is 16.0. The molecule has 1 fully saturated rings. The van der Waals surface area contributed by atoms with E-state index in [4.69, 9.17) is 0 Å². The standard InChI is InChI=1S/C13H14BrF3N2O/c14-11-10(2-1-7-18-11)19-12(20)8-3-5-9(6-4-8)13(15,16)17/h1-2,7-9H,3-6H2,(H,19,20). The molecule has 0 atom stereocenters. The molecule has 1 amide bonds. The highest BCUT2D eigenvalue weighted by molar-refractivity contribution is 9.10. The zero-order valence-electron chi connectivity index (χ0n) is 10.6. The smallest absolute Gasteiger partial charge is 0.324 e. The van der Waals surface area contributed by atoms with E-state index in [1.54, 1.807) is 18.3 Å². The van der Waals surface area contributed by atoms with Gasteiger partial charge in [0.1, 0.15) is 4.60 Å². The monoisotopic (exact) mass is 350 g/mol. The van der Waals surface area contributed by atoms with Gasteiger partial charge in [0.05, 0.1) is 11.6 Å². The SMILES string of the molecule is O=C(Nc1cccnc1Br)C1CCC(C(F)(F)F)CC1. The molecule has 0 saturated heterocycles. The van der Waals surface area contributed by atoms with Crippen LogP contribution in [0.25, 0.3) is 0 Å². The third-order valence-electron chi connectivity index (χ3n) is 3.58.